The number of thioether (sulfide) groups is 1. The molecule has 0 atom stereocenters. The lowest BCUT2D eigenvalue weighted by Crippen LogP contribution is -2.38. The van der Waals surface area contributed by atoms with Crippen LogP contribution in [0.25, 0.3) is 0 Å². The first-order valence-electron chi connectivity index (χ1n) is 8.68. The van der Waals surface area contributed by atoms with Crippen molar-refractivity contribution < 1.29 is 9.47 Å². The normalized spacial score (nSPS) is 10.7. The molecule has 0 heterocycles. The molecule has 0 bridgehead atoms. The van der Waals surface area contributed by atoms with Gasteiger partial charge in [0.05, 0.1) is 13.7 Å². The molecule has 0 unspecified atom stereocenters. The first kappa shape index (κ1) is 24.9. The minimum absolute atomic E-state index is 0. The second-order valence-electron chi connectivity index (χ2n) is 5.31. The lowest BCUT2D eigenvalue weighted by atomic mass is 10.1. The number of nitrogens with one attached hydrogen (secondary N) is 2. The van der Waals surface area contributed by atoms with Crippen LogP contribution in [0.1, 0.15) is 18.9 Å². The molecule has 0 aromatic heterocycles. The largest absolute Gasteiger partial charge is 0.493 e. The Morgan fingerprint density at radius 1 is 1.27 bits per heavy atom. The number of hydrogen-bond donors (Lipinski definition) is 2. The van der Waals surface area contributed by atoms with E-state index in [4.69, 9.17) is 9.47 Å². The van der Waals surface area contributed by atoms with E-state index >= 15 is 0 Å². The van der Waals surface area contributed by atoms with Crippen LogP contribution < -0.4 is 20.1 Å². The molecule has 2 N–H and O–H groups in total. The topological polar surface area (TPSA) is 54.9 Å². The molecule has 0 aliphatic rings. The molecule has 0 saturated heterocycles. The molecule has 1 aromatic rings. The zero-order valence-electron chi connectivity index (χ0n) is 16.0. The fourth-order valence-electron chi connectivity index (χ4n) is 2.27. The van der Waals surface area contributed by atoms with Crippen molar-refractivity contribution in [3.63, 3.8) is 0 Å². The van der Waals surface area contributed by atoms with Gasteiger partial charge < -0.3 is 20.1 Å². The van der Waals surface area contributed by atoms with E-state index in [1.165, 1.54) is 5.56 Å². The second kappa shape index (κ2) is 16.1. The van der Waals surface area contributed by atoms with Crippen LogP contribution in [-0.4, -0.2) is 51.3 Å². The third kappa shape index (κ3) is 10.2. The zero-order valence-corrected chi connectivity index (χ0v) is 19.2. The molecule has 0 aliphatic carbocycles. The van der Waals surface area contributed by atoms with Gasteiger partial charge in [-0.2, -0.15) is 11.8 Å². The number of hydrogen-bond acceptors (Lipinski definition) is 4. The molecule has 1 aromatic carbocycles. The molecular weight excluding hydrogens is 461 g/mol. The van der Waals surface area contributed by atoms with Gasteiger partial charge in [-0.25, -0.2) is 0 Å². The number of guanidine groups is 1. The minimum Gasteiger partial charge on any atom is -0.493 e. The van der Waals surface area contributed by atoms with E-state index in [0.717, 1.165) is 54.9 Å². The number of halogens is 1. The quantitative estimate of drug-likeness (QED) is 0.153. The molecule has 0 saturated carbocycles. The van der Waals surface area contributed by atoms with Gasteiger partial charge in [-0.3, -0.25) is 4.99 Å². The lowest BCUT2D eigenvalue weighted by Gasteiger charge is -2.13. The first-order chi connectivity index (χ1) is 12.2. The smallest absolute Gasteiger partial charge is 0.191 e. The average molecular weight is 493 g/mol. The Labute approximate surface area is 179 Å². The first-order valence-corrected chi connectivity index (χ1v) is 9.83. The number of aryl methyl sites for hydroxylation is 1. The predicted octanol–water partition coefficient (Wildman–Crippen LogP) is 3.73. The monoisotopic (exact) mass is 493 g/mol. The third-order valence-electron chi connectivity index (χ3n) is 3.46. The highest BCUT2D eigenvalue weighted by Crippen LogP contribution is 2.28. The predicted molar refractivity (Wildman–Crippen MR) is 125 cm³/mol. The summed E-state index contributed by atoms with van der Waals surface area (Å²) >= 11 is 1.85. The van der Waals surface area contributed by atoms with Crippen LogP contribution >= 0.6 is 35.7 Å². The summed E-state index contributed by atoms with van der Waals surface area (Å²) in [5, 5.41) is 6.66. The molecule has 26 heavy (non-hydrogen) atoms. The van der Waals surface area contributed by atoms with E-state index < -0.39 is 0 Å². The molecular formula is C19H32IN3O2S. The Kier molecular flexibility index (Phi) is 15.4. The fourth-order valence-corrected chi connectivity index (χ4v) is 2.85. The maximum Gasteiger partial charge on any atom is 0.191 e. The molecule has 1 rings (SSSR count). The molecule has 148 valence electrons. The van der Waals surface area contributed by atoms with Crippen molar-refractivity contribution in [2.75, 3.05) is 45.4 Å². The second-order valence-corrected chi connectivity index (χ2v) is 6.46. The number of ether oxygens (including phenoxy) is 2. The third-order valence-corrected chi connectivity index (χ3v) is 4.42. The Balaban J connectivity index is 0.00000625. The van der Waals surface area contributed by atoms with Crippen LogP contribution in [0.3, 0.4) is 0 Å². The van der Waals surface area contributed by atoms with E-state index in [2.05, 4.69) is 34.3 Å². The highest BCUT2D eigenvalue weighted by Gasteiger charge is 2.05. The van der Waals surface area contributed by atoms with E-state index in [0.29, 0.717) is 6.61 Å². The molecule has 7 heteroatoms. The van der Waals surface area contributed by atoms with Gasteiger partial charge in [0.15, 0.2) is 17.5 Å². The van der Waals surface area contributed by atoms with Crippen molar-refractivity contribution in [1.82, 2.24) is 10.6 Å². The number of nitrogens with zero attached hydrogens (tertiary/aromatic N) is 1. The highest BCUT2D eigenvalue weighted by atomic mass is 127. The highest BCUT2D eigenvalue weighted by molar-refractivity contribution is 14.0. The van der Waals surface area contributed by atoms with Crippen LogP contribution in [-0.2, 0) is 6.42 Å². The van der Waals surface area contributed by atoms with Crippen LogP contribution in [0.2, 0.25) is 0 Å². The summed E-state index contributed by atoms with van der Waals surface area (Å²) in [4.78, 5) is 4.24. The van der Waals surface area contributed by atoms with Crippen molar-refractivity contribution in [3.05, 3.63) is 36.4 Å². The Bertz CT molecular complexity index is 542. The molecule has 0 spiro atoms. The standard InChI is InChI=1S/C19H31N3O2S.HI/c1-5-13-25-14-12-22-19(20-3)21-11-7-8-16-9-10-17(23-4)18(15-16)24-6-2;/h5,9-10,15H,1,6-8,11-14H2,2-4H3,(H2,20,21,22);1H. The summed E-state index contributed by atoms with van der Waals surface area (Å²) in [5.74, 6) is 4.47. The maximum atomic E-state index is 5.62. The van der Waals surface area contributed by atoms with Crippen LogP contribution in [0.5, 0.6) is 11.5 Å². The van der Waals surface area contributed by atoms with Gasteiger partial charge in [-0.05, 0) is 37.5 Å². The minimum atomic E-state index is 0. The van der Waals surface area contributed by atoms with E-state index in [1.54, 1.807) is 14.2 Å². The van der Waals surface area contributed by atoms with Crippen molar-refractivity contribution in [1.29, 1.82) is 0 Å². The van der Waals surface area contributed by atoms with Crippen LogP contribution in [0, 0.1) is 0 Å². The van der Waals surface area contributed by atoms with Crippen molar-refractivity contribution >= 4 is 41.7 Å². The van der Waals surface area contributed by atoms with Gasteiger partial charge in [0, 0.05) is 31.6 Å². The summed E-state index contributed by atoms with van der Waals surface area (Å²) in [5.41, 5.74) is 1.25. The van der Waals surface area contributed by atoms with Gasteiger partial charge in [0.1, 0.15) is 0 Å². The number of benzene rings is 1. The Morgan fingerprint density at radius 2 is 2.04 bits per heavy atom. The lowest BCUT2D eigenvalue weighted by molar-refractivity contribution is 0.310. The average Bonchev–Trinajstić information content (AvgIpc) is 2.63. The van der Waals surface area contributed by atoms with Gasteiger partial charge >= 0.3 is 0 Å². The van der Waals surface area contributed by atoms with Crippen LogP contribution in [0.15, 0.2) is 35.8 Å². The molecule has 0 amide bonds. The van der Waals surface area contributed by atoms with Gasteiger partial charge in [-0.15, -0.1) is 30.6 Å². The summed E-state index contributed by atoms with van der Waals surface area (Å²) in [7, 11) is 3.46. The number of methoxy groups -OCH3 is 1. The van der Waals surface area contributed by atoms with E-state index in [1.807, 2.05) is 30.8 Å². The number of aliphatic imine (C=N–C) groups is 1. The molecule has 0 aliphatic heterocycles. The maximum absolute atomic E-state index is 5.62. The molecule has 0 fully saturated rings. The van der Waals surface area contributed by atoms with Gasteiger partial charge in [0.2, 0.25) is 0 Å². The Hall–Kier alpha value is -1.09. The van der Waals surface area contributed by atoms with Gasteiger partial charge in [0.25, 0.3) is 0 Å². The molecule has 5 nitrogen and oxygen atoms in total. The summed E-state index contributed by atoms with van der Waals surface area (Å²) in [6.07, 6.45) is 3.92. The van der Waals surface area contributed by atoms with Gasteiger partial charge in [-0.1, -0.05) is 12.1 Å². The van der Waals surface area contributed by atoms with Crippen molar-refractivity contribution in [3.8, 4) is 11.5 Å². The van der Waals surface area contributed by atoms with Crippen molar-refractivity contribution in [2.24, 2.45) is 4.99 Å². The summed E-state index contributed by atoms with van der Waals surface area (Å²) in [6.45, 7) is 8.10. The summed E-state index contributed by atoms with van der Waals surface area (Å²) < 4.78 is 10.9. The zero-order chi connectivity index (χ0) is 18.3. The van der Waals surface area contributed by atoms with Crippen molar-refractivity contribution in [2.45, 2.75) is 19.8 Å². The SMILES string of the molecule is C=CCSCCNC(=NC)NCCCc1ccc(OC)c(OCC)c1.I. The molecule has 0 radical (unpaired) electrons. The Morgan fingerprint density at radius 3 is 2.69 bits per heavy atom. The fraction of sp³-hybridized carbons (Fsp3) is 0.526. The van der Waals surface area contributed by atoms with Crippen LogP contribution in [0.4, 0.5) is 0 Å². The number of rotatable bonds is 12. The van der Waals surface area contributed by atoms with E-state index in [9.17, 15) is 0 Å². The van der Waals surface area contributed by atoms with E-state index in [-0.39, 0.29) is 24.0 Å². The summed E-state index contributed by atoms with van der Waals surface area (Å²) in [6, 6.07) is 6.12.